The zero-order valence-corrected chi connectivity index (χ0v) is 18.2. The summed E-state index contributed by atoms with van der Waals surface area (Å²) in [5, 5.41) is 0.844. The molecular weight excluding hydrogens is 438 g/mol. The zero-order chi connectivity index (χ0) is 21.9. The Balaban J connectivity index is 1.69. The molecule has 0 radical (unpaired) electrons. The molecule has 5 rings (SSSR count). The summed E-state index contributed by atoms with van der Waals surface area (Å²) in [6.07, 6.45) is 1.65. The number of hydrogen-bond donors (Lipinski definition) is 0. The molecule has 158 valence electrons. The van der Waals surface area contributed by atoms with Crippen LogP contribution in [0.25, 0.3) is 10.9 Å². The molecule has 31 heavy (non-hydrogen) atoms. The Morgan fingerprint density at radius 3 is 2.26 bits per heavy atom. The number of fused-ring (bicyclic) bond motifs is 3. The van der Waals surface area contributed by atoms with Crippen molar-refractivity contribution in [2.45, 2.75) is 24.7 Å². The Kier molecular flexibility index (Phi) is 4.62. The van der Waals surface area contributed by atoms with E-state index < -0.39 is 21.8 Å². The first-order valence-electron chi connectivity index (χ1n) is 9.88. The maximum absolute atomic E-state index is 13.4. The van der Waals surface area contributed by atoms with Crippen LogP contribution in [0.2, 0.25) is 5.02 Å². The lowest BCUT2D eigenvalue weighted by Gasteiger charge is -2.16. The van der Waals surface area contributed by atoms with Crippen molar-refractivity contribution in [2.24, 2.45) is 0 Å². The topological polar surface area (TPSA) is 87.7 Å². The van der Waals surface area contributed by atoms with Crippen LogP contribution in [0, 0.1) is 6.92 Å². The first-order valence-corrected chi connectivity index (χ1v) is 11.7. The fourth-order valence-electron chi connectivity index (χ4n) is 4.23. The highest BCUT2D eigenvalue weighted by molar-refractivity contribution is 7.89. The number of nitrogens with zero attached hydrogens (tertiary/aromatic N) is 3. The Labute approximate surface area is 184 Å². The second kappa shape index (κ2) is 7.12. The molecule has 2 aromatic carbocycles. The van der Waals surface area contributed by atoms with E-state index in [9.17, 15) is 18.0 Å². The minimum atomic E-state index is -3.68. The molecule has 1 fully saturated rings. The number of aryl methyl sites for hydroxylation is 1. The van der Waals surface area contributed by atoms with E-state index in [1.807, 2.05) is 0 Å². The van der Waals surface area contributed by atoms with Gasteiger partial charge in [-0.05, 0) is 62.2 Å². The fourth-order valence-corrected chi connectivity index (χ4v) is 5.90. The highest BCUT2D eigenvalue weighted by Gasteiger charge is 2.40. The molecule has 0 bridgehead atoms. The van der Waals surface area contributed by atoms with Gasteiger partial charge in [0.25, 0.3) is 11.8 Å². The van der Waals surface area contributed by atoms with E-state index in [1.54, 1.807) is 37.3 Å². The van der Waals surface area contributed by atoms with Gasteiger partial charge in [0.2, 0.25) is 10.0 Å². The number of halogens is 1. The van der Waals surface area contributed by atoms with Gasteiger partial charge >= 0.3 is 0 Å². The molecule has 1 aromatic heterocycles. The lowest BCUT2D eigenvalue weighted by Crippen LogP contribution is -2.29. The molecule has 3 heterocycles. The number of sulfonamides is 1. The lowest BCUT2D eigenvalue weighted by atomic mass is 10.0. The molecule has 7 nitrogen and oxygen atoms in total. The van der Waals surface area contributed by atoms with Gasteiger partial charge in [0.1, 0.15) is 0 Å². The highest BCUT2D eigenvalue weighted by Crippen LogP contribution is 2.36. The van der Waals surface area contributed by atoms with E-state index in [-0.39, 0.29) is 16.0 Å². The van der Waals surface area contributed by atoms with Crippen molar-refractivity contribution in [1.29, 1.82) is 0 Å². The summed E-state index contributed by atoms with van der Waals surface area (Å²) >= 11 is 5.94. The van der Waals surface area contributed by atoms with E-state index in [2.05, 4.69) is 4.98 Å². The van der Waals surface area contributed by atoms with Gasteiger partial charge in [-0.1, -0.05) is 11.6 Å². The van der Waals surface area contributed by atoms with Gasteiger partial charge in [0.15, 0.2) is 0 Å². The summed E-state index contributed by atoms with van der Waals surface area (Å²) in [4.78, 5) is 32.2. The number of carbonyl (C=O) groups excluding carboxylic acids is 2. The van der Waals surface area contributed by atoms with Gasteiger partial charge in [-0.25, -0.2) is 13.3 Å². The van der Waals surface area contributed by atoms with Gasteiger partial charge < -0.3 is 0 Å². The Morgan fingerprint density at radius 2 is 1.58 bits per heavy atom. The van der Waals surface area contributed by atoms with Crippen LogP contribution in [0.15, 0.2) is 47.4 Å². The quantitative estimate of drug-likeness (QED) is 0.561. The van der Waals surface area contributed by atoms with Crippen LogP contribution in [0.3, 0.4) is 0 Å². The number of amides is 2. The van der Waals surface area contributed by atoms with E-state index in [0.717, 1.165) is 17.7 Å². The van der Waals surface area contributed by atoms with Crippen LogP contribution in [0.1, 0.15) is 39.3 Å². The van der Waals surface area contributed by atoms with Crippen LogP contribution >= 0.6 is 11.6 Å². The molecule has 0 N–H and O–H groups in total. The Bertz CT molecular complexity index is 1360. The number of hydrogen-bond acceptors (Lipinski definition) is 5. The third kappa shape index (κ3) is 3.05. The number of benzene rings is 2. The van der Waals surface area contributed by atoms with E-state index >= 15 is 0 Å². The predicted octanol–water partition coefficient (Wildman–Crippen LogP) is 3.78. The Morgan fingerprint density at radius 1 is 0.935 bits per heavy atom. The van der Waals surface area contributed by atoms with Crippen molar-refractivity contribution >= 4 is 50.0 Å². The molecule has 0 saturated carbocycles. The van der Waals surface area contributed by atoms with E-state index in [0.29, 0.717) is 40.4 Å². The summed E-state index contributed by atoms with van der Waals surface area (Å²) < 4.78 is 27.5. The van der Waals surface area contributed by atoms with Gasteiger partial charge in [-0.3, -0.25) is 14.6 Å². The average molecular weight is 456 g/mol. The number of rotatable bonds is 3. The molecule has 0 spiro atoms. The summed E-state index contributed by atoms with van der Waals surface area (Å²) in [6, 6.07) is 11.0. The molecule has 2 aliphatic rings. The maximum Gasteiger partial charge on any atom is 0.268 e. The van der Waals surface area contributed by atoms with E-state index in [1.165, 1.54) is 16.4 Å². The molecule has 2 aliphatic heterocycles. The second-order valence-electron chi connectivity index (χ2n) is 7.66. The number of pyridine rings is 1. The zero-order valence-electron chi connectivity index (χ0n) is 16.6. The lowest BCUT2D eigenvalue weighted by molar-refractivity contribution is 0.0926. The highest BCUT2D eigenvalue weighted by atomic mass is 35.5. The molecule has 9 heteroatoms. The van der Waals surface area contributed by atoms with Crippen LogP contribution in [-0.2, 0) is 10.0 Å². The SMILES string of the molecule is Cc1nc2ccc(S(=O)(=O)N3CCCC3)cc2c2c1C(=O)N(c1ccc(Cl)cc1)C2=O. The van der Waals surface area contributed by atoms with Crippen molar-refractivity contribution in [3.8, 4) is 0 Å². The van der Waals surface area contributed by atoms with E-state index in [4.69, 9.17) is 11.6 Å². The fraction of sp³-hybridized carbons (Fsp3) is 0.227. The molecule has 0 unspecified atom stereocenters. The van der Waals surface area contributed by atoms with Gasteiger partial charge in [-0.2, -0.15) is 4.31 Å². The van der Waals surface area contributed by atoms with Crippen LogP contribution in [0.4, 0.5) is 5.69 Å². The molecule has 1 saturated heterocycles. The van der Waals surface area contributed by atoms with Crippen molar-refractivity contribution in [3.05, 3.63) is 64.3 Å². The molecular formula is C22H18ClN3O4S. The minimum Gasteiger partial charge on any atom is -0.268 e. The van der Waals surface area contributed by atoms with Crippen LogP contribution < -0.4 is 4.90 Å². The second-order valence-corrected chi connectivity index (χ2v) is 10.0. The summed E-state index contributed by atoms with van der Waals surface area (Å²) in [5.41, 5.74) is 1.66. The van der Waals surface area contributed by atoms with Crippen molar-refractivity contribution in [3.63, 3.8) is 0 Å². The molecule has 2 amide bonds. The monoisotopic (exact) mass is 455 g/mol. The van der Waals surface area contributed by atoms with Crippen LogP contribution in [-0.4, -0.2) is 42.6 Å². The molecule has 0 atom stereocenters. The number of aromatic nitrogens is 1. The van der Waals surface area contributed by atoms with Crippen molar-refractivity contribution in [2.75, 3.05) is 18.0 Å². The first-order chi connectivity index (χ1) is 14.8. The van der Waals surface area contributed by atoms with Gasteiger partial charge in [0.05, 0.1) is 32.9 Å². The standard InChI is InChI=1S/C22H18ClN3O4S/c1-13-19-20(22(28)26(21(19)27)15-6-4-14(23)5-7-15)17-12-16(8-9-18(17)24-13)31(29,30)25-10-2-3-11-25/h4-9,12H,2-3,10-11H2,1H3. The van der Waals surface area contributed by atoms with Gasteiger partial charge in [0, 0.05) is 23.5 Å². The Hall–Kier alpha value is -2.81. The summed E-state index contributed by atoms with van der Waals surface area (Å²) in [6.45, 7) is 2.63. The predicted molar refractivity (Wildman–Crippen MR) is 117 cm³/mol. The number of imide groups is 1. The minimum absolute atomic E-state index is 0.0972. The van der Waals surface area contributed by atoms with Crippen molar-refractivity contribution < 1.29 is 18.0 Å². The molecule has 3 aromatic rings. The first kappa shape index (κ1) is 20.1. The normalized spacial score (nSPS) is 17.0. The third-order valence-corrected chi connectivity index (χ3v) is 7.91. The third-order valence-electron chi connectivity index (χ3n) is 5.76. The largest absolute Gasteiger partial charge is 0.268 e. The summed E-state index contributed by atoms with van der Waals surface area (Å²) in [7, 11) is -3.68. The van der Waals surface area contributed by atoms with Gasteiger partial charge in [-0.15, -0.1) is 0 Å². The maximum atomic E-state index is 13.4. The average Bonchev–Trinajstić information content (AvgIpc) is 3.37. The smallest absolute Gasteiger partial charge is 0.268 e. The number of anilines is 1. The summed E-state index contributed by atoms with van der Waals surface area (Å²) in [5.74, 6) is -0.990. The van der Waals surface area contributed by atoms with Crippen molar-refractivity contribution in [1.82, 2.24) is 9.29 Å². The molecule has 0 aliphatic carbocycles. The number of carbonyl (C=O) groups is 2. The van der Waals surface area contributed by atoms with Crippen LogP contribution in [0.5, 0.6) is 0 Å².